The third-order valence-corrected chi connectivity index (χ3v) is 3.85. The van der Waals surface area contributed by atoms with Crippen LogP contribution in [0.5, 0.6) is 0 Å². The van der Waals surface area contributed by atoms with E-state index in [2.05, 4.69) is 36.4 Å². The standard InChI is InChI=1S/C18H12BrFN4O2/c19-13-3-1-2-11(8-13)10-21-24-17(25)16-9-15(22-18(26)23-16)12-4-6-14(20)7-5-12/h1-10H,(H,24,25)(H,22,23,26)/b21-10+. The summed E-state index contributed by atoms with van der Waals surface area (Å²) >= 11 is 3.34. The van der Waals surface area contributed by atoms with E-state index in [4.69, 9.17) is 0 Å². The first-order valence-corrected chi connectivity index (χ1v) is 8.27. The van der Waals surface area contributed by atoms with Gasteiger partial charge >= 0.3 is 5.69 Å². The minimum absolute atomic E-state index is 0.00397. The number of rotatable bonds is 4. The van der Waals surface area contributed by atoms with Crippen molar-refractivity contribution in [3.63, 3.8) is 0 Å². The Kier molecular flexibility index (Phi) is 5.33. The fourth-order valence-electron chi connectivity index (χ4n) is 2.16. The molecular formula is C18H12BrFN4O2. The van der Waals surface area contributed by atoms with E-state index < -0.39 is 17.4 Å². The second-order valence-electron chi connectivity index (χ2n) is 5.25. The van der Waals surface area contributed by atoms with E-state index in [-0.39, 0.29) is 11.4 Å². The Morgan fingerprint density at radius 1 is 1.19 bits per heavy atom. The van der Waals surface area contributed by atoms with Gasteiger partial charge in [-0.05, 0) is 48.0 Å². The smallest absolute Gasteiger partial charge is 0.301 e. The van der Waals surface area contributed by atoms with E-state index in [0.717, 1.165) is 10.0 Å². The average molecular weight is 415 g/mol. The van der Waals surface area contributed by atoms with E-state index in [1.165, 1.54) is 36.5 Å². The summed E-state index contributed by atoms with van der Waals surface area (Å²) in [5.74, 6) is -1.00. The van der Waals surface area contributed by atoms with Gasteiger partial charge in [-0.25, -0.2) is 14.6 Å². The molecule has 3 aromatic rings. The fraction of sp³-hybridized carbons (Fsp3) is 0. The number of hydrazone groups is 1. The van der Waals surface area contributed by atoms with Crippen LogP contribution in [0.3, 0.4) is 0 Å². The molecule has 0 spiro atoms. The number of aromatic amines is 1. The molecule has 130 valence electrons. The van der Waals surface area contributed by atoms with Crippen molar-refractivity contribution in [3.8, 4) is 11.3 Å². The van der Waals surface area contributed by atoms with Crippen LogP contribution in [0.15, 0.2) is 69.0 Å². The van der Waals surface area contributed by atoms with Crippen molar-refractivity contribution >= 4 is 28.1 Å². The molecule has 0 fully saturated rings. The molecule has 0 unspecified atom stereocenters. The zero-order chi connectivity index (χ0) is 18.5. The van der Waals surface area contributed by atoms with Gasteiger partial charge in [-0.2, -0.15) is 10.1 Å². The lowest BCUT2D eigenvalue weighted by molar-refractivity contribution is 0.0949. The Balaban J connectivity index is 1.79. The lowest BCUT2D eigenvalue weighted by Crippen LogP contribution is -2.24. The summed E-state index contributed by atoms with van der Waals surface area (Å²) in [6.45, 7) is 0. The number of halogens is 2. The molecule has 2 aromatic carbocycles. The number of aromatic nitrogens is 2. The van der Waals surface area contributed by atoms with Gasteiger partial charge in [0.1, 0.15) is 11.5 Å². The average Bonchev–Trinajstić information content (AvgIpc) is 2.62. The van der Waals surface area contributed by atoms with Gasteiger partial charge in [0.05, 0.1) is 11.9 Å². The molecule has 1 heterocycles. The Hall–Kier alpha value is -3.13. The van der Waals surface area contributed by atoms with Crippen LogP contribution in [0.25, 0.3) is 11.3 Å². The van der Waals surface area contributed by atoms with Gasteiger partial charge in [0.15, 0.2) is 0 Å². The van der Waals surface area contributed by atoms with Crippen molar-refractivity contribution in [1.29, 1.82) is 0 Å². The molecule has 8 heteroatoms. The number of carbonyl (C=O) groups excluding carboxylic acids is 1. The predicted octanol–water partition coefficient (Wildman–Crippen LogP) is 3.10. The molecule has 0 bridgehead atoms. The lowest BCUT2D eigenvalue weighted by atomic mass is 10.1. The first-order chi connectivity index (χ1) is 12.5. The van der Waals surface area contributed by atoms with Gasteiger partial charge in [-0.3, -0.25) is 4.79 Å². The summed E-state index contributed by atoms with van der Waals surface area (Å²) in [4.78, 5) is 30.1. The largest absolute Gasteiger partial charge is 0.346 e. The number of amides is 1. The van der Waals surface area contributed by atoms with Gasteiger partial charge in [0.2, 0.25) is 0 Å². The summed E-state index contributed by atoms with van der Waals surface area (Å²) in [7, 11) is 0. The molecule has 0 atom stereocenters. The second-order valence-corrected chi connectivity index (χ2v) is 6.16. The van der Waals surface area contributed by atoms with Crippen LogP contribution in [0.2, 0.25) is 0 Å². The Morgan fingerprint density at radius 2 is 1.96 bits per heavy atom. The van der Waals surface area contributed by atoms with Gasteiger partial charge in [-0.1, -0.05) is 28.1 Å². The van der Waals surface area contributed by atoms with Gasteiger partial charge < -0.3 is 4.98 Å². The molecule has 0 aliphatic rings. The van der Waals surface area contributed by atoms with Gasteiger partial charge in [-0.15, -0.1) is 0 Å². The number of hydrogen-bond donors (Lipinski definition) is 2. The van der Waals surface area contributed by atoms with Crippen LogP contribution < -0.4 is 11.1 Å². The molecule has 0 aliphatic heterocycles. The summed E-state index contributed by atoms with van der Waals surface area (Å²) in [6.07, 6.45) is 1.48. The van der Waals surface area contributed by atoms with Crippen LogP contribution in [-0.2, 0) is 0 Å². The number of nitrogens with one attached hydrogen (secondary N) is 2. The van der Waals surface area contributed by atoms with E-state index in [0.29, 0.717) is 5.56 Å². The maximum absolute atomic E-state index is 13.0. The molecule has 1 amide bonds. The van der Waals surface area contributed by atoms with Crippen LogP contribution in [0.1, 0.15) is 16.1 Å². The monoisotopic (exact) mass is 414 g/mol. The highest BCUT2D eigenvalue weighted by atomic mass is 79.9. The number of benzene rings is 2. The molecule has 0 saturated carbocycles. The molecular weight excluding hydrogens is 403 g/mol. The summed E-state index contributed by atoms with van der Waals surface area (Å²) in [5.41, 5.74) is 3.21. The van der Waals surface area contributed by atoms with Crippen molar-refractivity contribution in [2.75, 3.05) is 0 Å². The van der Waals surface area contributed by atoms with E-state index in [9.17, 15) is 14.0 Å². The van der Waals surface area contributed by atoms with Crippen molar-refractivity contribution < 1.29 is 9.18 Å². The minimum atomic E-state index is -0.687. The molecule has 0 radical (unpaired) electrons. The molecule has 26 heavy (non-hydrogen) atoms. The van der Waals surface area contributed by atoms with Crippen molar-refractivity contribution in [2.24, 2.45) is 5.10 Å². The van der Waals surface area contributed by atoms with Crippen LogP contribution in [-0.4, -0.2) is 22.1 Å². The van der Waals surface area contributed by atoms with E-state index in [1.807, 2.05) is 24.3 Å². The third kappa shape index (κ3) is 4.48. The van der Waals surface area contributed by atoms with Gasteiger partial charge in [0, 0.05) is 10.0 Å². The highest BCUT2D eigenvalue weighted by Crippen LogP contribution is 2.16. The number of nitrogens with zero attached hydrogens (tertiary/aromatic N) is 2. The van der Waals surface area contributed by atoms with E-state index in [1.54, 1.807) is 0 Å². The first kappa shape index (κ1) is 17.7. The predicted molar refractivity (Wildman–Crippen MR) is 99.5 cm³/mol. The quantitative estimate of drug-likeness (QED) is 0.507. The highest BCUT2D eigenvalue weighted by Gasteiger charge is 2.10. The summed E-state index contributed by atoms with van der Waals surface area (Å²) in [5, 5.41) is 3.87. The molecule has 2 N–H and O–H groups in total. The molecule has 3 rings (SSSR count). The molecule has 1 aromatic heterocycles. The number of hydrogen-bond acceptors (Lipinski definition) is 4. The molecule has 0 saturated heterocycles. The number of H-pyrrole nitrogens is 1. The number of carbonyl (C=O) groups is 1. The summed E-state index contributed by atoms with van der Waals surface area (Å²) < 4.78 is 13.9. The second kappa shape index (κ2) is 7.83. The Morgan fingerprint density at radius 3 is 2.69 bits per heavy atom. The minimum Gasteiger partial charge on any atom is -0.301 e. The molecule has 0 aliphatic carbocycles. The highest BCUT2D eigenvalue weighted by molar-refractivity contribution is 9.10. The first-order valence-electron chi connectivity index (χ1n) is 7.47. The van der Waals surface area contributed by atoms with Crippen LogP contribution in [0, 0.1) is 5.82 Å². The maximum atomic E-state index is 13.0. The van der Waals surface area contributed by atoms with Crippen molar-refractivity contribution in [1.82, 2.24) is 15.4 Å². The zero-order valence-corrected chi connectivity index (χ0v) is 14.8. The summed E-state index contributed by atoms with van der Waals surface area (Å²) in [6, 6.07) is 14.2. The van der Waals surface area contributed by atoms with E-state index >= 15 is 0 Å². The van der Waals surface area contributed by atoms with Gasteiger partial charge in [0.25, 0.3) is 5.91 Å². The van der Waals surface area contributed by atoms with Crippen LogP contribution >= 0.6 is 15.9 Å². The lowest BCUT2D eigenvalue weighted by Gasteiger charge is -2.04. The SMILES string of the molecule is O=C(N/N=C/c1cccc(Br)c1)c1cc(-c2ccc(F)cc2)nc(=O)[nH]1. The third-order valence-electron chi connectivity index (χ3n) is 3.36. The van der Waals surface area contributed by atoms with Crippen molar-refractivity contribution in [3.05, 3.63) is 86.6 Å². The normalized spacial score (nSPS) is 10.8. The molecule has 6 nitrogen and oxygen atoms in total. The zero-order valence-electron chi connectivity index (χ0n) is 13.2. The maximum Gasteiger partial charge on any atom is 0.346 e. The fourth-order valence-corrected chi connectivity index (χ4v) is 2.58. The van der Waals surface area contributed by atoms with Crippen LogP contribution in [0.4, 0.5) is 4.39 Å². The van der Waals surface area contributed by atoms with Crippen molar-refractivity contribution in [2.45, 2.75) is 0 Å². The Bertz CT molecular complexity index is 1030. The topological polar surface area (TPSA) is 87.2 Å². The Labute approximate surface area is 155 Å².